The fourth-order valence-electron chi connectivity index (χ4n) is 1.58. The molecule has 1 amide bonds. The van der Waals surface area contributed by atoms with E-state index in [-0.39, 0.29) is 11.9 Å². The molecule has 0 saturated carbocycles. The van der Waals surface area contributed by atoms with Crippen molar-refractivity contribution in [3.63, 3.8) is 0 Å². The Morgan fingerprint density at radius 2 is 1.86 bits per heavy atom. The molecule has 0 aromatic heterocycles. The Hall–Kier alpha value is -1.49. The van der Waals surface area contributed by atoms with Gasteiger partial charge in [-0.2, -0.15) is 11.8 Å². The van der Waals surface area contributed by atoms with Crippen LogP contribution in [0.1, 0.15) is 43.5 Å². The van der Waals surface area contributed by atoms with Crippen LogP contribution in [0.4, 0.5) is 5.69 Å². The molecule has 116 valence electrons. The normalized spacial score (nSPS) is 10.2. The molecule has 0 heterocycles. The molecule has 0 radical (unpaired) electrons. The van der Waals surface area contributed by atoms with Crippen molar-refractivity contribution in [3.05, 3.63) is 29.8 Å². The van der Waals surface area contributed by atoms with Crippen LogP contribution in [0.2, 0.25) is 0 Å². The highest BCUT2D eigenvalue weighted by Crippen LogP contribution is 2.12. The number of esters is 1. The predicted molar refractivity (Wildman–Crippen MR) is 87.9 cm³/mol. The van der Waals surface area contributed by atoms with Crippen LogP contribution < -0.4 is 5.32 Å². The maximum atomic E-state index is 11.7. The Bertz CT molecular complexity index is 445. The number of rotatable bonds is 9. The van der Waals surface area contributed by atoms with Crippen LogP contribution in [-0.4, -0.2) is 30.0 Å². The van der Waals surface area contributed by atoms with Gasteiger partial charge in [-0.3, -0.25) is 4.79 Å². The second kappa shape index (κ2) is 10.3. The Morgan fingerprint density at radius 3 is 2.48 bits per heavy atom. The molecule has 1 aromatic rings. The first-order valence-corrected chi connectivity index (χ1v) is 8.47. The predicted octanol–water partition coefficient (Wildman–Crippen LogP) is 3.73. The van der Waals surface area contributed by atoms with Crippen LogP contribution in [0.5, 0.6) is 0 Å². The summed E-state index contributed by atoms with van der Waals surface area (Å²) in [6.45, 7) is 4.50. The number of anilines is 1. The summed E-state index contributed by atoms with van der Waals surface area (Å²) in [5, 5.41) is 2.82. The van der Waals surface area contributed by atoms with E-state index in [1.807, 2.05) is 6.92 Å². The third-order valence-corrected chi connectivity index (χ3v) is 3.76. The van der Waals surface area contributed by atoms with Crippen molar-refractivity contribution < 1.29 is 14.3 Å². The lowest BCUT2D eigenvalue weighted by Gasteiger charge is -2.07. The van der Waals surface area contributed by atoms with Crippen LogP contribution >= 0.6 is 11.8 Å². The van der Waals surface area contributed by atoms with Gasteiger partial charge in [-0.15, -0.1) is 0 Å². The maximum absolute atomic E-state index is 11.7. The van der Waals surface area contributed by atoms with Crippen LogP contribution in [-0.2, 0) is 9.53 Å². The zero-order valence-corrected chi connectivity index (χ0v) is 13.5. The van der Waals surface area contributed by atoms with Crippen molar-refractivity contribution in [2.75, 3.05) is 23.4 Å². The largest absolute Gasteiger partial charge is 0.462 e. The van der Waals surface area contributed by atoms with Crippen LogP contribution in [0, 0.1) is 0 Å². The summed E-state index contributed by atoms with van der Waals surface area (Å²) in [6.07, 6.45) is 3.08. The molecule has 0 unspecified atom stereocenters. The number of unbranched alkanes of at least 4 members (excludes halogenated alkanes) is 1. The van der Waals surface area contributed by atoms with Gasteiger partial charge in [0.05, 0.1) is 17.9 Å². The van der Waals surface area contributed by atoms with Crippen LogP contribution in [0.3, 0.4) is 0 Å². The average molecular weight is 309 g/mol. The van der Waals surface area contributed by atoms with Crippen LogP contribution in [0.15, 0.2) is 24.3 Å². The Balaban J connectivity index is 2.39. The van der Waals surface area contributed by atoms with Crippen molar-refractivity contribution in [1.82, 2.24) is 0 Å². The van der Waals surface area contributed by atoms with Crippen molar-refractivity contribution in [3.8, 4) is 0 Å². The van der Waals surface area contributed by atoms with E-state index in [1.54, 1.807) is 36.0 Å². The minimum atomic E-state index is -0.329. The summed E-state index contributed by atoms with van der Waals surface area (Å²) in [5.41, 5.74) is 1.20. The molecular weight excluding hydrogens is 286 g/mol. The van der Waals surface area contributed by atoms with Gasteiger partial charge in [-0.05, 0) is 42.9 Å². The molecule has 0 spiro atoms. The lowest BCUT2D eigenvalue weighted by Crippen LogP contribution is -2.14. The number of thioether (sulfide) groups is 1. The minimum Gasteiger partial charge on any atom is -0.462 e. The molecule has 4 nitrogen and oxygen atoms in total. The van der Waals surface area contributed by atoms with Crippen molar-refractivity contribution in [2.24, 2.45) is 0 Å². The quantitative estimate of drug-likeness (QED) is 0.558. The van der Waals surface area contributed by atoms with Gasteiger partial charge in [0.2, 0.25) is 5.91 Å². The number of ether oxygens (including phenoxy) is 1. The third kappa shape index (κ3) is 7.18. The van der Waals surface area contributed by atoms with Gasteiger partial charge in [0.25, 0.3) is 0 Å². The third-order valence-electron chi connectivity index (χ3n) is 2.72. The first-order valence-electron chi connectivity index (χ1n) is 7.32. The van der Waals surface area contributed by atoms with Gasteiger partial charge in [0.15, 0.2) is 0 Å². The maximum Gasteiger partial charge on any atom is 0.338 e. The molecule has 0 aliphatic carbocycles. The molecule has 21 heavy (non-hydrogen) atoms. The molecule has 0 fully saturated rings. The van der Waals surface area contributed by atoms with Crippen molar-refractivity contribution >= 4 is 29.3 Å². The summed E-state index contributed by atoms with van der Waals surface area (Å²) in [7, 11) is 0. The molecular formula is C16H23NO3S. The highest BCUT2D eigenvalue weighted by atomic mass is 32.2. The number of hydrogen-bond acceptors (Lipinski definition) is 4. The van der Waals surface area contributed by atoms with Gasteiger partial charge in [0.1, 0.15) is 0 Å². The molecule has 0 saturated heterocycles. The van der Waals surface area contributed by atoms with Gasteiger partial charge < -0.3 is 10.1 Å². The van der Waals surface area contributed by atoms with Gasteiger partial charge in [0, 0.05) is 5.69 Å². The molecule has 1 rings (SSSR count). The fourth-order valence-corrected chi connectivity index (χ4v) is 2.47. The zero-order valence-electron chi connectivity index (χ0n) is 12.7. The summed E-state index contributed by atoms with van der Waals surface area (Å²) in [5.74, 6) is 1.12. The highest BCUT2D eigenvalue weighted by molar-refractivity contribution is 7.99. The summed E-state index contributed by atoms with van der Waals surface area (Å²) >= 11 is 1.64. The minimum absolute atomic E-state index is 0.0163. The number of nitrogens with one attached hydrogen (secondary N) is 1. The van der Waals surface area contributed by atoms with Gasteiger partial charge in [-0.1, -0.05) is 20.3 Å². The molecule has 0 bridgehead atoms. The van der Waals surface area contributed by atoms with Crippen LogP contribution in [0.25, 0.3) is 0 Å². The lowest BCUT2D eigenvalue weighted by molar-refractivity contribution is -0.113. The van der Waals surface area contributed by atoms with Crippen molar-refractivity contribution in [1.29, 1.82) is 0 Å². The topological polar surface area (TPSA) is 55.4 Å². The van der Waals surface area contributed by atoms with E-state index in [0.717, 1.165) is 25.0 Å². The fraction of sp³-hybridized carbons (Fsp3) is 0.500. The molecule has 0 atom stereocenters. The van der Waals surface area contributed by atoms with Gasteiger partial charge in [-0.25, -0.2) is 4.79 Å². The van der Waals surface area contributed by atoms with E-state index in [1.165, 1.54) is 0 Å². The SMILES string of the molecule is CCCCSCC(=O)Nc1ccc(C(=O)OCCC)cc1. The summed E-state index contributed by atoms with van der Waals surface area (Å²) in [4.78, 5) is 23.3. The highest BCUT2D eigenvalue weighted by Gasteiger charge is 2.07. The van der Waals surface area contributed by atoms with E-state index in [4.69, 9.17) is 4.74 Å². The Labute approximate surface area is 130 Å². The first kappa shape index (κ1) is 17.6. The molecule has 5 heteroatoms. The molecule has 1 N–H and O–H groups in total. The lowest BCUT2D eigenvalue weighted by atomic mass is 10.2. The Kier molecular flexibility index (Phi) is 8.59. The number of hydrogen-bond donors (Lipinski definition) is 1. The van der Waals surface area contributed by atoms with E-state index >= 15 is 0 Å². The number of benzene rings is 1. The molecule has 1 aromatic carbocycles. The second-order valence-electron chi connectivity index (χ2n) is 4.67. The number of amides is 1. The second-order valence-corrected chi connectivity index (χ2v) is 5.77. The first-order chi connectivity index (χ1) is 10.2. The summed E-state index contributed by atoms with van der Waals surface area (Å²) < 4.78 is 5.04. The van der Waals surface area contributed by atoms with E-state index in [2.05, 4.69) is 12.2 Å². The van der Waals surface area contributed by atoms with Crippen molar-refractivity contribution in [2.45, 2.75) is 33.1 Å². The monoisotopic (exact) mass is 309 g/mol. The van der Waals surface area contributed by atoms with E-state index in [0.29, 0.717) is 23.6 Å². The molecule has 0 aliphatic heterocycles. The number of carbonyl (C=O) groups excluding carboxylic acids is 2. The zero-order chi connectivity index (χ0) is 15.5. The van der Waals surface area contributed by atoms with Gasteiger partial charge >= 0.3 is 5.97 Å². The van der Waals surface area contributed by atoms with E-state index in [9.17, 15) is 9.59 Å². The van der Waals surface area contributed by atoms with E-state index < -0.39 is 0 Å². The molecule has 0 aliphatic rings. The average Bonchev–Trinajstić information content (AvgIpc) is 2.50. The summed E-state index contributed by atoms with van der Waals surface area (Å²) in [6, 6.07) is 6.77. The smallest absolute Gasteiger partial charge is 0.338 e. The Morgan fingerprint density at radius 1 is 1.14 bits per heavy atom. The standard InChI is InChI=1S/C16H23NO3S/c1-3-5-11-21-12-15(18)17-14-8-6-13(7-9-14)16(19)20-10-4-2/h6-9H,3-5,10-12H2,1-2H3,(H,17,18). The number of carbonyl (C=O) groups is 2.